The first kappa shape index (κ1) is 18.7. The number of carbonyl (C=O) groups excluding carboxylic acids is 4. The maximum absolute atomic E-state index is 12.4. The largest absolute Gasteiger partial charge is 0.490 e. The molecule has 0 N–H and O–H groups in total. The van der Waals surface area contributed by atoms with E-state index in [2.05, 4.69) is 0 Å². The van der Waals surface area contributed by atoms with E-state index in [1.807, 2.05) is 0 Å². The van der Waals surface area contributed by atoms with Gasteiger partial charge in [-0.25, -0.2) is 0 Å². The van der Waals surface area contributed by atoms with E-state index < -0.39 is 36.6 Å². The minimum Gasteiger partial charge on any atom is -0.490 e. The van der Waals surface area contributed by atoms with E-state index >= 15 is 0 Å². The molecule has 0 spiro atoms. The highest BCUT2D eigenvalue weighted by molar-refractivity contribution is 6.52. The van der Waals surface area contributed by atoms with Gasteiger partial charge in [-0.05, 0) is 30.3 Å². The Morgan fingerprint density at radius 2 is 1.76 bits per heavy atom. The van der Waals surface area contributed by atoms with Crippen molar-refractivity contribution in [1.29, 1.82) is 0 Å². The Balaban J connectivity index is 1.38. The van der Waals surface area contributed by atoms with E-state index in [0.29, 0.717) is 36.0 Å². The lowest BCUT2D eigenvalue weighted by Gasteiger charge is -2.15. The van der Waals surface area contributed by atoms with Gasteiger partial charge >= 0.3 is 5.97 Å². The number of carbonyl (C=O) groups is 4. The summed E-state index contributed by atoms with van der Waals surface area (Å²) in [6, 6.07) is 11.2. The van der Waals surface area contributed by atoms with Crippen LogP contribution in [0, 0.1) is 0 Å². The normalized spacial score (nSPS) is 15.0. The summed E-state index contributed by atoms with van der Waals surface area (Å²) < 4.78 is 16.1. The highest BCUT2D eigenvalue weighted by Gasteiger charge is 2.36. The summed E-state index contributed by atoms with van der Waals surface area (Å²) >= 11 is 0. The summed E-state index contributed by atoms with van der Waals surface area (Å²) in [5.41, 5.74) is 0.919. The molecule has 0 saturated heterocycles. The first-order valence-electron chi connectivity index (χ1n) is 9.08. The average Bonchev–Trinajstić information content (AvgIpc) is 2.90. The zero-order chi connectivity index (χ0) is 20.4. The number of anilines is 1. The van der Waals surface area contributed by atoms with Crippen LogP contribution >= 0.6 is 0 Å². The molecular formula is C21H17NO7. The predicted octanol–water partition coefficient (Wildman–Crippen LogP) is 1.80. The summed E-state index contributed by atoms with van der Waals surface area (Å²) in [5.74, 6) is -1.64. The van der Waals surface area contributed by atoms with Gasteiger partial charge in [-0.15, -0.1) is 0 Å². The fraction of sp³-hybridized carbons (Fsp3) is 0.238. The van der Waals surface area contributed by atoms with Crippen LogP contribution in [0.3, 0.4) is 0 Å². The molecule has 148 valence electrons. The van der Waals surface area contributed by atoms with Crippen molar-refractivity contribution < 1.29 is 33.4 Å². The van der Waals surface area contributed by atoms with E-state index in [-0.39, 0.29) is 5.56 Å². The standard InChI is InChI=1S/C21H17NO7/c23-16(13-6-7-17-18(10-13)28-9-3-8-27-17)12-29-19(24)11-22-15-5-2-1-4-14(15)20(25)21(22)26/h1-2,4-7,10H,3,8-9,11-12H2. The van der Waals surface area contributed by atoms with E-state index in [0.717, 1.165) is 11.3 Å². The molecule has 0 aliphatic carbocycles. The van der Waals surface area contributed by atoms with Gasteiger partial charge in [-0.1, -0.05) is 12.1 Å². The number of ether oxygens (including phenoxy) is 3. The molecular weight excluding hydrogens is 378 g/mol. The van der Waals surface area contributed by atoms with Crippen LogP contribution in [0.25, 0.3) is 0 Å². The zero-order valence-corrected chi connectivity index (χ0v) is 15.4. The third kappa shape index (κ3) is 3.69. The Labute approximate surface area is 166 Å². The molecule has 0 aromatic heterocycles. The van der Waals surface area contributed by atoms with Gasteiger partial charge in [-0.2, -0.15) is 0 Å². The van der Waals surface area contributed by atoms with Crippen LogP contribution in [0.5, 0.6) is 11.5 Å². The van der Waals surface area contributed by atoms with E-state index in [1.165, 1.54) is 6.07 Å². The average molecular weight is 395 g/mol. The second-order valence-electron chi connectivity index (χ2n) is 6.53. The molecule has 8 heteroatoms. The molecule has 2 heterocycles. The lowest BCUT2D eigenvalue weighted by molar-refractivity contribution is -0.141. The number of ketones is 2. The van der Waals surface area contributed by atoms with Crippen molar-refractivity contribution >= 4 is 29.1 Å². The van der Waals surface area contributed by atoms with E-state index in [1.54, 1.807) is 36.4 Å². The topological polar surface area (TPSA) is 99.2 Å². The smallest absolute Gasteiger partial charge is 0.326 e. The second-order valence-corrected chi connectivity index (χ2v) is 6.53. The minimum absolute atomic E-state index is 0.244. The molecule has 2 aromatic rings. The summed E-state index contributed by atoms with van der Waals surface area (Å²) in [7, 11) is 0. The lowest BCUT2D eigenvalue weighted by Crippen LogP contribution is -2.36. The quantitative estimate of drug-likeness (QED) is 0.432. The fourth-order valence-corrected chi connectivity index (χ4v) is 3.15. The molecule has 4 rings (SSSR count). The Morgan fingerprint density at radius 3 is 2.59 bits per heavy atom. The second kappa shape index (κ2) is 7.75. The maximum atomic E-state index is 12.4. The third-order valence-electron chi connectivity index (χ3n) is 4.60. The Kier molecular flexibility index (Phi) is 4.99. The molecule has 2 aliphatic heterocycles. The third-order valence-corrected chi connectivity index (χ3v) is 4.60. The van der Waals surface area contributed by atoms with Gasteiger partial charge in [0.05, 0.1) is 24.5 Å². The van der Waals surface area contributed by atoms with Gasteiger partial charge in [0, 0.05) is 12.0 Å². The summed E-state index contributed by atoms with van der Waals surface area (Å²) in [6.07, 6.45) is 0.746. The SMILES string of the molecule is O=C(CN1C(=O)C(=O)c2ccccc21)OCC(=O)c1ccc2c(c1)OCCCO2. The van der Waals surface area contributed by atoms with Crippen LogP contribution in [0.1, 0.15) is 27.1 Å². The van der Waals surface area contributed by atoms with Crippen LogP contribution < -0.4 is 14.4 Å². The summed E-state index contributed by atoms with van der Waals surface area (Å²) in [6.45, 7) is 0.0918. The molecule has 0 fully saturated rings. The van der Waals surface area contributed by atoms with Gasteiger partial charge in [0.25, 0.3) is 11.7 Å². The molecule has 2 aromatic carbocycles. The number of fused-ring (bicyclic) bond motifs is 2. The molecule has 0 radical (unpaired) electrons. The van der Waals surface area contributed by atoms with Gasteiger partial charge in [-0.3, -0.25) is 24.1 Å². The molecule has 2 aliphatic rings. The van der Waals surface area contributed by atoms with Gasteiger partial charge < -0.3 is 14.2 Å². The Morgan fingerprint density at radius 1 is 1.00 bits per heavy atom. The van der Waals surface area contributed by atoms with E-state index in [9.17, 15) is 19.2 Å². The lowest BCUT2D eigenvalue weighted by atomic mass is 10.1. The van der Waals surface area contributed by atoms with Crippen molar-refractivity contribution in [1.82, 2.24) is 0 Å². The van der Waals surface area contributed by atoms with Gasteiger partial charge in [0.15, 0.2) is 23.9 Å². The molecule has 0 unspecified atom stereocenters. The number of para-hydroxylation sites is 1. The summed E-state index contributed by atoms with van der Waals surface area (Å²) in [4.78, 5) is 49.6. The number of nitrogens with zero attached hydrogens (tertiary/aromatic N) is 1. The van der Waals surface area contributed by atoms with Crippen LogP contribution in [0.2, 0.25) is 0 Å². The first-order valence-corrected chi connectivity index (χ1v) is 9.08. The molecule has 1 amide bonds. The Hall–Kier alpha value is -3.68. The van der Waals surface area contributed by atoms with Crippen molar-refractivity contribution in [2.24, 2.45) is 0 Å². The van der Waals surface area contributed by atoms with E-state index in [4.69, 9.17) is 14.2 Å². The number of hydrogen-bond acceptors (Lipinski definition) is 7. The molecule has 0 saturated carbocycles. The van der Waals surface area contributed by atoms with Crippen molar-refractivity contribution in [2.75, 3.05) is 31.3 Å². The number of Topliss-reactive ketones (excluding diaryl/α,β-unsaturated/α-hetero) is 2. The van der Waals surface area contributed by atoms with Crippen LogP contribution in [-0.2, 0) is 14.3 Å². The predicted molar refractivity (Wildman–Crippen MR) is 100 cm³/mol. The molecule has 0 bridgehead atoms. The zero-order valence-electron chi connectivity index (χ0n) is 15.4. The number of hydrogen-bond donors (Lipinski definition) is 0. The monoisotopic (exact) mass is 395 g/mol. The van der Waals surface area contributed by atoms with Crippen molar-refractivity contribution in [2.45, 2.75) is 6.42 Å². The van der Waals surface area contributed by atoms with Gasteiger partial charge in [0.2, 0.25) is 0 Å². The van der Waals surface area contributed by atoms with Crippen molar-refractivity contribution in [3.63, 3.8) is 0 Å². The van der Waals surface area contributed by atoms with Crippen LogP contribution in [-0.4, -0.2) is 49.8 Å². The highest BCUT2D eigenvalue weighted by atomic mass is 16.5. The number of amides is 1. The Bertz CT molecular complexity index is 1010. The molecule has 29 heavy (non-hydrogen) atoms. The number of esters is 1. The highest BCUT2D eigenvalue weighted by Crippen LogP contribution is 2.31. The van der Waals surface area contributed by atoms with Crippen LogP contribution in [0.15, 0.2) is 42.5 Å². The van der Waals surface area contributed by atoms with Crippen molar-refractivity contribution in [3.05, 3.63) is 53.6 Å². The first-order chi connectivity index (χ1) is 14.0. The number of benzene rings is 2. The minimum atomic E-state index is -0.794. The molecule has 8 nitrogen and oxygen atoms in total. The van der Waals surface area contributed by atoms with Crippen molar-refractivity contribution in [3.8, 4) is 11.5 Å². The van der Waals surface area contributed by atoms with Gasteiger partial charge in [0.1, 0.15) is 6.54 Å². The number of rotatable bonds is 5. The van der Waals surface area contributed by atoms with Crippen LogP contribution in [0.4, 0.5) is 5.69 Å². The maximum Gasteiger partial charge on any atom is 0.326 e. The summed E-state index contributed by atoms with van der Waals surface area (Å²) in [5, 5.41) is 0. The molecule has 0 atom stereocenters. The fourth-order valence-electron chi connectivity index (χ4n) is 3.15.